The van der Waals surface area contributed by atoms with Gasteiger partial charge in [0.2, 0.25) is 0 Å². The first-order chi connectivity index (χ1) is 21.2. The molecule has 0 aliphatic carbocycles. The second kappa shape index (κ2) is 19.4. The van der Waals surface area contributed by atoms with E-state index < -0.39 is 0 Å². The van der Waals surface area contributed by atoms with Crippen LogP contribution in [0.5, 0.6) is 11.5 Å². The summed E-state index contributed by atoms with van der Waals surface area (Å²) in [4.78, 5) is 0. The van der Waals surface area contributed by atoms with Crippen LogP contribution in [0.4, 0.5) is 0 Å². The summed E-state index contributed by atoms with van der Waals surface area (Å²) >= 11 is 7.03. The first-order valence-corrected chi connectivity index (χ1v) is 18.0. The third kappa shape index (κ3) is 12.0. The lowest BCUT2D eigenvalue weighted by Crippen LogP contribution is -1.96. The Bertz CT molecular complexity index is 1290. The third-order valence-corrected chi connectivity index (χ3v) is 8.70. The van der Waals surface area contributed by atoms with E-state index >= 15 is 0 Å². The highest BCUT2D eigenvalue weighted by molar-refractivity contribution is 9.09. The second-order valence-electron chi connectivity index (χ2n) is 11.0. The molecule has 3 heteroatoms. The molecule has 4 rings (SSSR count). The van der Waals surface area contributed by atoms with Crippen molar-refractivity contribution >= 4 is 44.0 Å². The van der Waals surface area contributed by atoms with Gasteiger partial charge < -0.3 is 4.74 Å². The van der Waals surface area contributed by atoms with Crippen molar-refractivity contribution in [3.63, 3.8) is 0 Å². The Hall–Kier alpha value is -2.88. The van der Waals surface area contributed by atoms with Crippen LogP contribution in [-0.4, -0.2) is 10.7 Å². The normalized spacial score (nSPS) is 11.5. The topological polar surface area (TPSA) is 9.23 Å². The first kappa shape index (κ1) is 33.0. The van der Waals surface area contributed by atoms with Crippen LogP contribution in [0.1, 0.15) is 71.9 Å². The largest absolute Gasteiger partial charge is 0.457 e. The molecule has 0 heterocycles. The Kier molecular flexibility index (Phi) is 14.9. The van der Waals surface area contributed by atoms with Gasteiger partial charge >= 0.3 is 0 Å². The molecule has 0 atom stereocenters. The van der Waals surface area contributed by atoms with Crippen LogP contribution < -0.4 is 4.74 Å². The summed E-state index contributed by atoms with van der Waals surface area (Å²) in [5, 5.41) is 2.11. The minimum absolute atomic E-state index is 0.970. The SMILES string of the molecule is BrCCCc1ccc(C=CCCCc2ccccc2Oc2ccccc2CCC/C=C\c2ccc(CCCBr)cc2)cc1. The van der Waals surface area contributed by atoms with E-state index in [1.54, 1.807) is 0 Å². The molecule has 0 N–H and O–H groups in total. The maximum absolute atomic E-state index is 6.53. The van der Waals surface area contributed by atoms with Crippen LogP contribution in [0.15, 0.2) is 109 Å². The van der Waals surface area contributed by atoms with E-state index in [2.05, 4.69) is 153 Å². The molecule has 224 valence electrons. The summed E-state index contributed by atoms with van der Waals surface area (Å²) in [5.41, 5.74) is 7.89. The van der Waals surface area contributed by atoms with Crippen LogP contribution in [0.3, 0.4) is 0 Å². The third-order valence-electron chi connectivity index (χ3n) is 7.58. The van der Waals surface area contributed by atoms with Gasteiger partial charge in [-0.2, -0.15) is 0 Å². The number of hydrogen-bond acceptors (Lipinski definition) is 1. The van der Waals surface area contributed by atoms with E-state index in [0.29, 0.717) is 0 Å². The Morgan fingerprint density at radius 1 is 0.465 bits per heavy atom. The van der Waals surface area contributed by atoms with E-state index in [0.717, 1.165) is 73.5 Å². The smallest absolute Gasteiger partial charge is 0.130 e. The van der Waals surface area contributed by atoms with Gasteiger partial charge in [0.25, 0.3) is 0 Å². The minimum atomic E-state index is 0.970. The number of rotatable bonds is 18. The molecule has 0 bridgehead atoms. The number of alkyl halides is 2. The number of para-hydroxylation sites is 2. The van der Waals surface area contributed by atoms with Crippen molar-refractivity contribution in [3.05, 3.63) is 143 Å². The van der Waals surface area contributed by atoms with E-state index in [1.165, 1.54) is 46.2 Å². The zero-order valence-corrected chi connectivity index (χ0v) is 28.4. The van der Waals surface area contributed by atoms with E-state index in [4.69, 9.17) is 4.74 Å². The molecule has 1 nitrogen and oxygen atoms in total. The average Bonchev–Trinajstić information content (AvgIpc) is 3.05. The minimum Gasteiger partial charge on any atom is -0.457 e. The zero-order valence-electron chi connectivity index (χ0n) is 25.2. The van der Waals surface area contributed by atoms with Crippen LogP contribution in [0.25, 0.3) is 12.2 Å². The van der Waals surface area contributed by atoms with Gasteiger partial charge in [0.1, 0.15) is 11.5 Å². The lowest BCUT2D eigenvalue weighted by molar-refractivity contribution is 0.468. The van der Waals surface area contributed by atoms with Crippen LogP contribution in [0.2, 0.25) is 0 Å². The molecule has 0 fully saturated rings. The summed E-state index contributed by atoms with van der Waals surface area (Å²) in [7, 11) is 0. The molecule has 0 aliphatic heterocycles. The van der Waals surface area contributed by atoms with Gasteiger partial charge in [-0.3, -0.25) is 0 Å². The number of aryl methyl sites for hydroxylation is 4. The standard InChI is InChI=1S/C40H44Br2O/c41-31-11-15-35-27-23-33(24-28-35)13-3-1-5-17-37-19-7-9-21-39(37)43-40-22-10-8-20-38(40)18-6-2-4-14-34-25-29-36(30-26-34)16-12-32-42/h3-4,7-10,13-14,19-30H,1-2,5-6,11-12,15-18,31-32H2/b13-3-,14-4?. The summed E-state index contributed by atoms with van der Waals surface area (Å²) in [6.07, 6.45) is 20.0. The molecule has 4 aromatic rings. The quantitative estimate of drug-likeness (QED) is 0.0742. The summed E-state index contributed by atoms with van der Waals surface area (Å²) in [6.45, 7) is 0. The molecule has 0 radical (unpaired) electrons. The van der Waals surface area contributed by atoms with Crippen molar-refractivity contribution in [3.8, 4) is 11.5 Å². The molecule has 0 saturated carbocycles. The van der Waals surface area contributed by atoms with Crippen molar-refractivity contribution in [1.82, 2.24) is 0 Å². The zero-order chi connectivity index (χ0) is 30.0. The number of unbranched alkanes of at least 4 members (excludes halogenated alkanes) is 2. The summed E-state index contributed by atoms with van der Waals surface area (Å²) < 4.78 is 6.53. The fourth-order valence-corrected chi connectivity index (χ4v) is 5.69. The van der Waals surface area contributed by atoms with Crippen molar-refractivity contribution in [1.29, 1.82) is 0 Å². The monoisotopic (exact) mass is 698 g/mol. The molecular weight excluding hydrogens is 656 g/mol. The molecule has 4 aromatic carbocycles. The van der Waals surface area contributed by atoms with Crippen molar-refractivity contribution in [2.75, 3.05) is 10.7 Å². The summed E-state index contributed by atoms with van der Waals surface area (Å²) in [5.74, 6) is 1.94. The van der Waals surface area contributed by atoms with Crippen molar-refractivity contribution < 1.29 is 4.74 Å². The predicted octanol–water partition coefficient (Wildman–Crippen LogP) is 12.2. The molecule has 43 heavy (non-hydrogen) atoms. The molecule has 0 amide bonds. The Morgan fingerprint density at radius 3 is 1.30 bits per heavy atom. The Balaban J connectivity index is 1.24. The Morgan fingerprint density at radius 2 is 0.884 bits per heavy atom. The highest BCUT2D eigenvalue weighted by Crippen LogP contribution is 2.30. The molecule has 0 unspecified atom stereocenters. The van der Waals surface area contributed by atoms with Crippen LogP contribution in [0, 0.1) is 0 Å². The van der Waals surface area contributed by atoms with Crippen LogP contribution in [-0.2, 0) is 25.7 Å². The molecule has 0 aliphatic rings. The molecule has 0 aromatic heterocycles. The molecular formula is C40H44Br2O. The van der Waals surface area contributed by atoms with E-state index in [-0.39, 0.29) is 0 Å². The second-order valence-corrected chi connectivity index (χ2v) is 12.6. The number of benzene rings is 4. The number of allylic oxidation sites excluding steroid dienone is 2. The van der Waals surface area contributed by atoms with Gasteiger partial charge in [0, 0.05) is 10.7 Å². The number of ether oxygens (including phenoxy) is 1. The number of hydrogen-bond donors (Lipinski definition) is 0. The van der Waals surface area contributed by atoms with Crippen molar-refractivity contribution in [2.24, 2.45) is 0 Å². The van der Waals surface area contributed by atoms with Gasteiger partial charge in [-0.05, 0) is 110 Å². The highest BCUT2D eigenvalue weighted by atomic mass is 79.9. The van der Waals surface area contributed by atoms with Gasteiger partial charge in [0.05, 0.1) is 0 Å². The predicted molar refractivity (Wildman–Crippen MR) is 194 cm³/mol. The fourth-order valence-electron chi connectivity index (χ4n) is 5.13. The lowest BCUT2D eigenvalue weighted by atomic mass is 10.0. The molecule has 0 saturated heterocycles. The van der Waals surface area contributed by atoms with Gasteiger partial charge in [-0.1, -0.05) is 141 Å². The van der Waals surface area contributed by atoms with E-state index in [1.807, 2.05) is 0 Å². The van der Waals surface area contributed by atoms with Gasteiger partial charge in [0.15, 0.2) is 0 Å². The summed E-state index contributed by atoms with van der Waals surface area (Å²) in [6, 6.07) is 34.9. The average molecular weight is 701 g/mol. The van der Waals surface area contributed by atoms with Crippen LogP contribution >= 0.6 is 31.9 Å². The van der Waals surface area contributed by atoms with Gasteiger partial charge in [-0.15, -0.1) is 0 Å². The maximum Gasteiger partial charge on any atom is 0.130 e. The molecule has 0 spiro atoms. The van der Waals surface area contributed by atoms with E-state index in [9.17, 15) is 0 Å². The Labute approximate surface area is 276 Å². The highest BCUT2D eigenvalue weighted by Gasteiger charge is 2.08. The number of halogens is 2. The fraction of sp³-hybridized carbons (Fsp3) is 0.300. The van der Waals surface area contributed by atoms with Gasteiger partial charge in [-0.25, -0.2) is 0 Å². The maximum atomic E-state index is 6.53. The lowest BCUT2D eigenvalue weighted by Gasteiger charge is -2.14. The first-order valence-electron chi connectivity index (χ1n) is 15.7. The van der Waals surface area contributed by atoms with Crippen molar-refractivity contribution in [2.45, 2.75) is 64.2 Å².